The molecule has 1 aromatic heterocycles. The van der Waals surface area contributed by atoms with Crippen LogP contribution in [0.2, 0.25) is 0 Å². The molecule has 3 N–H and O–H groups in total. The topological polar surface area (TPSA) is 85.3 Å². The summed E-state index contributed by atoms with van der Waals surface area (Å²) in [6, 6.07) is 9.23. The molecule has 0 aliphatic heterocycles. The first-order chi connectivity index (χ1) is 11.0. The van der Waals surface area contributed by atoms with Gasteiger partial charge in [0.25, 0.3) is 5.91 Å². The molecule has 0 radical (unpaired) electrons. The lowest BCUT2D eigenvalue weighted by molar-refractivity contribution is -0.130. The lowest BCUT2D eigenvalue weighted by atomic mass is 9.64. The van der Waals surface area contributed by atoms with Gasteiger partial charge in [-0.05, 0) is 42.7 Å². The van der Waals surface area contributed by atoms with Crippen molar-refractivity contribution in [1.82, 2.24) is 5.32 Å². The van der Waals surface area contributed by atoms with Gasteiger partial charge in [-0.1, -0.05) is 18.6 Å². The van der Waals surface area contributed by atoms with E-state index >= 15 is 0 Å². The summed E-state index contributed by atoms with van der Waals surface area (Å²) in [5, 5.41) is 2.80. The van der Waals surface area contributed by atoms with Crippen molar-refractivity contribution in [3.8, 4) is 0 Å². The van der Waals surface area contributed by atoms with Gasteiger partial charge < -0.3 is 15.5 Å². The number of furan rings is 1. The van der Waals surface area contributed by atoms with Gasteiger partial charge in [0.2, 0.25) is 5.91 Å². The first-order valence-corrected chi connectivity index (χ1v) is 7.44. The molecule has 0 spiro atoms. The summed E-state index contributed by atoms with van der Waals surface area (Å²) >= 11 is 0. The summed E-state index contributed by atoms with van der Waals surface area (Å²) in [5.41, 5.74) is 5.13. The fraction of sp³-hybridized carbons (Fsp3) is 0.294. The fourth-order valence-corrected chi connectivity index (χ4v) is 2.91. The van der Waals surface area contributed by atoms with E-state index in [1.165, 1.54) is 18.2 Å². The minimum atomic E-state index is -0.679. The van der Waals surface area contributed by atoms with E-state index < -0.39 is 11.3 Å². The third-order valence-corrected chi connectivity index (χ3v) is 4.35. The van der Waals surface area contributed by atoms with E-state index in [0.717, 1.165) is 6.42 Å². The molecule has 2 aromatic rings. The minimum absolute atomic E-state index is 0.0535. The molecule has 1 fully saturated rings. The first-order valence-electron chi connectivity index (χ1n) is 7.44. The van der Waals surface area contributed by atoms with Gasteiger partial charge in [-0.2, -0.15) is 0 Å². The summed E-state index contributed by atoms with van der Waals surface area (Å²) in [7, 11) is 0. The predicted molar refractivity (Wildman–Crippen MR) is 81.0 cm³/mol. The minimum Gasteiger partial charge on any atom is -0.454 e. The standard InChI is InChI=1S/C17H17FN2O3/c18-12-4-1-3-11(9-12)17(7-2-8-17)16(22)20-10-13-5-6-14(23-13)15(19)21/h1,3-6,9H,2,7-8,10H2,(H2,19,21)(H,20,22). The van der Waals surface area contributed by atoms with Crippen LogP contribution in [0.4, 0.5) is 4.39 Å². The van der Waals surface area contributed by atoms with Crippen LogP contribution in [0, 0.1) is 5.82 Å². The van der Waals surface area contributed by atoms with Crippen LogP contribution in [0.5, 0.6) is 0 Å². The summed E-state index contributed by atoms with van der Waals surface area (Å²) in [6.07, 6.45) is 2.30. The quantitative estimate of drug-likeness (QED) is 0.887. The maximum atomic E-state index is 13.5. The number of amides is 2. The molecule has 5 nitrogen and oxygen atoms in total. The molecule has 3 rings (SSSR count). The number of primary amides is 1. The van der Waals surface area contributed by atoms with E-state index in [-0.39, 0.29) is 24.0 Å². The van der Waals surface area contributed by atoms with Gasteiger partial charge >= 0.3 is 0 Å². The van der Waals surface area contributed by atoms with Crippen molar-refractivity contribution in [3.63, 3.8) is 0 Å². The molecular formula is C17H17FN2O3. The summed E-state index contributed by atoms with van der Waals surface area (Å²) < 4.78 is 18.7. The molecular weight excluding hydrogens is 299 g/mol. The number of carbonyl (C=O) groups excluding carboxylic acids is 2. The SMILES string of the molecule is NC(=O)c1ccc(CNC(=O)C2(c3cccc(F)c3)CCC2)o1. The van der Waals surface area contributed by atoms with Crippen molar-refractivity contribution in [2.45, 2.75) is 31.2 Å². The van der Waals surface area contributed by atoms with E-state index in [9.17, 15) is 14.0 Å². The number of benzene rings is 1. The van der Waals surface area contributed by atoms with Gasteiger partial charge in [0.15, 0.2) is 5.76 Å². The van der Waals surface area contributed by atoms with Crippen LogP contribution < -0.4 is 11.1 Å². The summed E-state index contributed by atoms with van der Waals surface area (Å²) in [4.78, 5) is 23.6. The van der Waals surface area contributed by atoms with Gasteiger partial charge in [-0.3, -0.25) is 9.59 Å². The van der Waals surface area contributed by atoms with E-state index in [1.54, 1.807) is 18.2 Å². The Hall–Kier alpha value is -2.63. The second-order valence-corrected chi connectivity index (χ2v) is 5.76. The molecule has 120 valence electrons. The molecule has 1 heterocycles. The Labute approximate surface area is 132 Å². The highest BCUT2D eigenvalue weighted by Crippen LogP contribution is 2.44. The maximum absolute atomic E-state index is 13.5. The zero-order valence-corrected chi connectivity index (χ0v) is 12.5. The lowest BCUT2D eigenvalue weighted by Gasteiger charge is -2.40. The van der Waals surface area contributed by atoms with Crippen LogP contribution in [0.3, 0.4) is 0 Å². The van der Waals surface area contributed by atoms with E-state index in [2.05, 4.69) is 5.32 Å². The molecule has 1 aliphatic carbocycles. The van der Waals surface area contributed by atoms with Crippen LogP contribution in [0.15, 0.2) is 40.8 Å². The predicted octanol–water partition coefficient (Wildman–Crippen LogP) is 2.26. The number of nitrogens with two attached hydrogens (primary N) is 1. The Morgan fingerprint density at radius 1 is 1.26 bits per heavy atom. The summed E-state index contributed by atoms with van der Waals surface area (Å²) in [5.74, 6) is -0.665. The zero-order valence-electron chi connectivity index (χ0n) is 12.5. The van der Waals surface area contributed by atoms with Crippen LogP contribution in [-0.4, -0.2) is 11.8 Å². The van der Waals surface area contributed by atoms with Crippen LogP contribution in [0.1, 0.15) is 41.1 Å². The van der Waals surface area contributed by atoms with Crippen molar-refractivity contribution < 1.29 is 18.4 Å². The highest BCUT2D eigenvalue weighted by atomic mass is 19.1. The molecule has 0 unspecified atom stereocenters. The molecule has 0 bridgehead atoms. The van der Waals surface area contributed by atoms with Crippen LogP contribution >= 0.6 is 0 Å². The Morgan fingerprint density at radius 2 is 2.04 bits per heavy atom. The molecule has 2 amide bonds. The first kappa shape index (κ1) is 15.3. The number of rotatable bonds is 5. The van der Waals surface area contributed by atoms with E-state index in [1.807, 2.05) is 0 Å². The second-order valence-electron chi connectivity index (χ2n) is 5.76. The average Bonchev–Trinajstić information content (AvgIpc) is 2.93. The number of nitrogens with one attached hydrogen (secondary N) is 1. The fourth-order valence-electron chi connectivity index (χ4n) is 2.91. The smallest absolute Gasteiger partial charge is 0.284 e. The van der Waals surface area contributed by atoms with Crippen molar-refractivity contribution in [2.75, 3.05) is 0 Å². The number of hydrogen-bond acceptors (Lipinski definition) is 3. The highest BCUT2D eigenvalue weighted by Gasteiger charge is 2.45. The third-order valence-electron chi connectivity index (χ3n) is 4.35. The second kappa shape index (κ2) is 5.87. The molecule has 1 aliphatic rings. The van der Waals surface area contributed by atoms with Gasteiger partial charge in [-0.15, -0.1) is 0 Å². The highest BCUT2D eigenvalue weighted by molar-refractivity contribution is 5.90. The molecule has 1 aromatic carbocycles. The van der Waals surface area contributed by atoms with Crippen molar-refractivity contribution >= 4 is 11.8 Å². The lowest BCUT2D eigenvalue weighted by Crippen LogP contribution is -2.49. The van der Waals surface area contributed by atoms with Crippen LogP contribution in [-0.2, 0) is 16.8 Å². The largest absolute Gasteiger partial charge is 0.454 e. The Kier molecular flexibility index (Phi) is 3.90. The van der Waals surface area contributed by atoms with E-state index in [0.29, 0.717) is 24.2 Å². The zero-order chi connectivity index (χ0) is 16.4. The van der Waals surface area contributed by atoms with Crippen molar-refractivity contribution in [1.29, 1.82) is 0 Å². The molecule has 6 heteroatoms. The Bertz CT molecular complexity index is 750. The Balaban J connectivity index is 1.72. The van der Waals surface area contributed by atoms with Crippen molar-refractivity contribution in [3.05, 3.63) is 59.3 Å². The van der Waals surface area contributed by atoms with Gasteiger partial charge in [0.05, 0.1) is 12.0 Å². The third kappa shape index (κ3) is 2.84. The average molecular weight is 316 g/mol. The normalized spacial score (nSPS) is 15.7. The van der Waals surface area contributed by atoms with Gasteiger partial charge in [-0.25, -0.2) is 4.39 Å². The molecule has 1 saturated carbocycles. The van der Waals surface area contributed by atoms with E-state index in [4.69, 9.17) is 10.2 Å². The Morgan fingerprint density at radius 3 is 2.61 bits per heavy atom. The van der Waals surface area contributed by atoms with Crippen LogP contribution in [0.25, 0.3) is 0 Å². The monoisotopic (exact) mass is 316 g/mol. The molecule has 0 saturated heterocycles. The van der Waals surface area contributed by atoms with Crippen molar-refractivity contribution in [2.24, 2.45) is 5.73 Å². The number of halogens is 1. The summed E-state index contributed by atoms with van der Waals surface area (Å²) in [6.45, 7) is 0.156. The molecule has 23 heavy (non-hydrogen) atoms. The molecule has 0 atom stereocenters. The van der Waals surface area contributed by atoms with Gasteiger partial charge in [0, 0.05) is 0 Å². The van der Waals surface area contributed by atoms with Gasteiger partial charge in [0.1, 0.15) is 11.6 Å². The number of carbonyl (C=O) groups is 2. The maximum Gasteiger partial charge on any atom is 0.284 e. The number of hydrogen-bond donors (Lipinski definition) is 2.